The number of rotatable bonds is 5. The third-order valence-corrected chi connectivity index (χ3v) is 3.76. The number of aryl methyl sites for hydroxylation is 1. The van der Waals surface area contributed by atoms with Crippen LogP contribution < -0.4 is 5.32 Å². The van der Waals surface area contributed by atoms with Crippen molar-refractivity contribution >= 4 is 28.9 Å². The summed E-state index contributed by atoms with van der Waals surface area (Å²) in [5.41, 5.74) is 2.60. The van der Waals surface area contributed by atoms with Crippen molar-refractivity contribution < 1.29 is 14.7 Å². The summed E-state index contributed by atoms with van der Waals surface area (Å²) in [7, 11) is 0. The van der Waals surface area contributed by atoms with Crippen LogP contribution in [0.2, 0.25) is 0 Å². The highest BCUT2D eigenvalue weighted by Gasteiger charge is 2.13. The quantitative estimate of drug-likeness (QED) is 0.756. The van der Waals surface area contributed by atoms with Crippen LogP contribution in [0.1, 0.15) is 22.8 Å². The van der Waals surface area contributed by atoms with E-state index in [1.54, 1.807) is 12.1 Å². The number of nitrogens with one attached hydrogen (secondary N) is 1. The van der Waals surface area contributed by atoms with Crippen LogP contribution >= 0.6 is 0 Å². The molecule has 2 N–H and O–H groups in total. The number of anilines is 1. The van der Waals surface area contributed by atoms with Gasteiger partial charge in [0.05, 0.1) is 23.0 Å². The average Bonchev–Trinajstić information content (AvgIpc) is 2.91. The first kappa shape index (κ1) is 15.7. The zero-order chi connectivity index (χ0) is 17.1. The summed E-state index contributed by atoms with van der Waals surface area (Å²) in [4.78, 5) is 27.7. The molecule has 0 aliphatic heterocycles. The fourth-order valence-electron chi connectivity index (χ4n) is 2.66. The highest BCUT2D eigenvalue weighted by atomic mass is 16.4. The van der Waals surface area contributed by atoms with E-state index in [1.165, 1.54) is 12.1 Å². The van der Waals surface area contributed by atoms with Crippen LogP contribution in [0, 0.1) is 0 Å². The molecule has 3 rings (SSSR count). The van der Waals surface area contributed by atoms with Crippen molar-refractivity contribution in [2.45, 2.75) is 19.9 Å². The van der Waals surface area contributed by atoms with Crippen molar-refractivity contribution in [3.63, 3.8) is 0 Å². The summed E-state index contributed by atoms with van der Waals surface area (Å²) < 4.78 is 1.93. The molecule has 1 heterocycles. The maximum Gasteiger partial charge on any atom is 0.335 e. The zero-order valence-electron chi connectivity index (χ0n) is 13.2. The molecule has 0 saturated carbocycles. The van der Waals surface area contributed by atoms with Crippen LogP contribution in [-0.2, 0) is 17.8 Å². The molecule has 0 atom stereocenters. The molecule has 24 heavy (non-hydrogen) atoms. The van der Waals surface area contributed by atoms with Gasteiger partial charge >= 0.3 is 5.97 Å². The number of hydrogen-bond donors (Lipinski definition) is 2. The number of nitrogens with zero attached hydrogens (tertiary/aromatic N) is 2. The Labute approximate surface area is 138 Å². The van der Waals surface area contributed by atoms with Gasteiger partial charge in [-0.2, -0.15) is 0 Å². The number of fused-ring (bicyclic) bond motifs is 1. The second-order valence-corrected chi connectivity index (χ2v) is 5.40. The number of para-hydroxylation sites is 2. The molecule has 122 valence electrons. The maximum absolute atomic E-state index is 12.3. The lowest BCUT2D eigenvalue weighted by Gasteiger charge is -2.08. The number of hydrogen-bond acceptors (Lipinski definition) is 3. The third kappa shape index (κ3) is 3.12. The van der Waals surface area contributed by atoms with E-state index >= 15 is 0 Å². The zero-order valence-corrected chi connectivity index (χ0v) is 13.2. The van der Waals surface area contributed by atoms with Gasteiger partial charge in [-0.1, -0.05) is 24.3 Å². The molecule has 1 aromatic heterocycles. The monoisotopic (exact) mass is 323 g/mol. The molecule has 2 aromatic carbocycles. The van der Waals surface area contributed by atoms with Gasteiger partial charge in [-0.05, 0) is 36.8 Å². The molecule has 3 aromatic rings. The number of carbonyl (C=O) groups is 2. The number of carboxylic acid groups (broad SMARTS) is 1. The predicted octanol–water partition coefficient (Wildman–Crippen LogP) is 2.94. The fourth-order valence-corrected chi connectivity index (χ4v) is 2.66. The maximum atomic E-state index is 12.3. The van der Waals surface area contributed by atoms with Gasteiger partial charge in [0.15, 0.2) is 0 Å². The number of imidazole rings is 1. The number of carbonyl (C=O) groups excluding carboxylic acids is 1. The summed E-state index contributed by atoms with van der Waals surface area (Å²) in [5, 5.41) is 11.8. The molecule has 0 unspecified atom stereocenters. The third-order valence-electron chi connectivity index (χ3n) is 3.76. The van der Waals surface area contributed by atoms with Crippen LogP contribution in [0.15, 0.2) is 48.5 Å². The van der Waals surface area contributed by atoms with Gasteiger partial charge < -0.3 is 9.67 Å². The molecule has 0 radical (unpaired) electrons. The summed E-state index contributed by atoms with van der Waals surface area (Å²) in [5.74, 6) is -0.745. The Morgan fingerprint density at radius 2 is 1.96 bits per heavy atom. The minimum absolute atomic E-state index is 0.0913. The summed E-state index contributed by atoms with van der Waals surface area (Å²) in [6.45, 7) is 2.67. The standard InChI is InChI=1S/C18H17N3O3/c1-2-21-15-9-4-3-8-14(15)19-18(21)20-16(22)11-12-6-5-7-13(10-12)17(23)24/h3-10H,2,11H2,1H3,(H,23,24)(H,19,20,22). The summed E-state index contributed by atoms with van der Waals surface area (Å²) in [6.07, 6.45) is 0.0913. The van der Waals surface area contributed by atoms with Gasteiger partial charge in [-0.15, -0.1) is 0 Å². The molecule has 0 bridgehead atoms. The normalized spacial score (nSPS) is 10.7. The Morgan fingerprint density at radius 3 is 2.71 bits per heavy atom. The van der Waals surface area contributed by atoms with Crippen LogP contribution in [0.5, 0.6) is 0 Å². The van der Waals surface area contributed by atoms with Gasteiger partial charge in [0.1, 0.15) is 0 Å². The van der Waals surface area contributed by atoms with Crippen molar-refractivity contribution in [2.75, 3.05) is 5.32 Å². The molecule has 0 aliphatic carbocycles. The molecule has 0 aliphatic rings. The van der Waals surface area contributed by atoms with Gasteiger partial charge in [0.2, 0.25) is 11.9 Å². The number of amides is 1. The van der Waals surface area contributed by atoms with Crippen molar-refractivity contribution in [1.29, 1.82) is 0 Å². The fraction of sp³-hybridized carbons (Fsp3) is 0.167. The highest BCUT2D eigenvalue weighted by molar-refractivity contribution is 5.93. The molecule has 6 nitrogen and oxygen atoms in total. The van der Waals surface area contributed by atoms with Crippen LogP contribution in [0.25, 0.3) is 11.0 Å². The number of aromatic carboxylic acids is 1. The van der Waals surface area contributed by atoms with Gasteiger partial charge in [0, 0.05) is 6.54 Å². The lowest BCUT2D eigenvalue weighted by molar-refractivity contribution is -0.115. The van der Waals surface area contributed by atoms with E-state index in [0.717, 1.165) is 11.0 Å². The van der Waals surface area contributed by atoms with Gasteiger partial charge in [0.25, 0.3) is 0 Å². The molecule has 6 heteroatoms. The minimum Gasteiger partial charge on any atom is -0.478 e. The van der Waals surface area contributed by atoms with E-state index in [1.807, 2.05) is 35.8 Å². The Hall–Kier alpha value is -3.15. The first-order valence-electron chi connectivity index (χ1n) is 7.66. The second kappa shape index (κ2) is 6.54. The molecule has 0 spiro atoms. The van der Waals surface area contributed by atoms with Gasteiger partial charge in [-0.25, -0.2) is 9.78 Å². The molecular formula is C18H17N3O3. The van der Waals surface area contributed by atoms with Crippen LogP contribution in [0.4, 0.5) is 5.95 Å². The smallest absolute Gasteiger partial charge is 0.335 e. The van der Waals surface area contributed by atoms with Gasteiger partial charge in [-0.3, -0.25) is 10.1 Å². The second-order valence-electron chi connectivity index (χ2n) is 5.40. The van der Waals surface area contributed by atoms with E-state index in [4.69, 9.17) is 5.11 Å². The molecular weight excluding hydrogens is 306 g/mol. The predicted molar refractivity (Wildman–Crippen MR) is 91.1 cm³/mol. The van der Waals surface area contributed by atoms with Crippen molar-refractivity contribution in [3.05, 3.63) is 59.7 Å². The Kier molecular flexibility index (Phi) is 4.29. The number of aromatic nitrogens is 2. The minimum atomic E-state index is -1.01. The van der Waals surface area contributed by atoms with Crippen molar-refractivity contribution in [3.8, 4) is 0 Å². The molecule has 1 amide bonds. The van der Waals surface area contributed by atoms with Crippen molar-refractivity contribution in [1.82, 2.24) is 9.55 Å². The topological polar surface area (TPSA) is 84.2 Å². The number of benzene rings is 2. The Bertz CT molecular complexity index is 915. The summed E-state index contributed by atoms with van der Waals surface area (Å²) in [6, 6.07) is 14.1. The average molecular weight is 323 g/mol. The summed E-state index contributed by atoms with van der Waals surface area (Å²) >= 11 is 0. The Morgan fingerprint density at radius 1 is 1.17 bits per heavy atom. The first-order valence-corrected chi connectivity index (χ1v) is 7.66. The number of carboxylic acids is 1. The van der Waals surface area contributed by atoms with Crippen LogP contribution in [0.3, 0.4) is 0 Å². The van der Waals surface area contributed by atoms with E-state index < -0.39 is 5.97 Å². The van der Waals surface area contributed by atoms with Crippen molar-refractivity contribution in [2.24, 2.45) is 0 Å². The molecule has 0 saturated heterocycles. The lowest BCUT2D eigenvalue weighted by Crippen LogP contribution is -2.18. The van der Waals surface area contributed by atoms with E-state index in [-0.39, 0.29) is 17.9 Å². The van der Waals surface area contributed by atoms with E-state index in [2.05, 4.69) is 10.3 Å². The Balaban J connectivity index is 1.80. The lowest BCUT2D eigenvalue weighted by atomic mass is 10.1. The van der Waals surface area contributed by atoms with Crippen LogP contribution in [-0.4, -0.2) is 26.5 Å². The largest absolute Gasteiger partial charge is 0.478 e. The highest BCUT2D eigenvalue weighted by Crippen LogP contribution is 2.19. The molecule has 0 fully saturated rings. The SMILES string of the molecule is CCn1c(NC(=O)Cc2cccc(C(=O)O)c2)nc2ccccc21. The first-order chi connectivity index (χ1) is 11.6. The van der Waals surface area contributed by atoms with E-state index in [0.29, 0.717) is 18.1 Å². The van der Waals surface area contributed by atoms with E-state index in [9.17, 15) is 9.59 Å².